The van der Waals surface area contributed by atoms with E-state index in [1.165, 1.54) is 0 Å². The zero-order valence-electron chi connectivity index (χ0n) is 19.3. The summed E-state index contributed by atoms with van der Waals surface area (Å²) >= 11 is 5.84. The van der Waals surface area contributed by atoms with Gasteiger partial charge in [-0.05, 0) is 55.4 Å². The smallest absolute Gasteiger partial charge is 0.230 e. The van der Waals surface area contributed by atoms with Gasteiger partial charge in [-0.2, -0.15) is 0 Å². The van der Waals surface area contributed by atoms with Crippen LogP contribution in [0.5, 0.6) is 0 Å². The summed E-state index contributed by atoms with van der Waals surface area (Å²) in [5.41, 5.74) is 0.786. The third-order valence-corrected chi connectivity index (χ3v) is 7.01. The SMILES string of the molecule is O=C(c1cc(F)ccc1F)C1CCN(Cn2nc(N3CCOCC3)n(-c3ccccc3)c2=S)CC1. The largest absolute Gasteiger partial charge is 0.378 e. The first-order valence-electron chi connectivity index (χ1n) is 11.8. The van der Waals surface area contributed by atoms with Gasteiger partial charge in [-0.3, -0.25) is 14.3 Å². The summed E-state index contributed by atoms with van der Waals surface area (Å²) in [6, 6.07) is 13.0. The van der Waals surface area contributed by atoms with Gasteiger partial charge in [-0.1, -0.05) is 18.2 Å². The molecule has 0 aliphatic carbocycles. The normalized spacial score (nSPS) is 17.6. The number of hydrogen-bond donors (Lipinski definition) is 0. The van der Waals surface area contributed by atoms with Gasteiger partial charge in [0.2, 0.25) is 10.7 Å². The lowest BCUT2D eigenvalue weighted by atomic mass is 9.89. The number of carbonyl (C=O) groups is 1. The number of carbonyl (C=O) groups excluding carboxylic acids is 1. The molecule has 0 bridgehead atoms. The Balaban J connectivity index is 1.32. The van der Waals surface area contributed by atoms with Crippen molar-refractivity contribution in [3.8, 4) is 5.69 Å². The number of rotatable bonds is 6. The molecule has 3 aromatic rings. The maximum Gasteiger partial charge on any atom is 0.230 e. The van der Waals surface area contributed by atoms with Crippen LogP contribution in [0.2, 0.25) is 0 Å². The van der Waals surface area contributed by atoms with Gasteiger partial charge in [-0.25, -0.2) is 13.5 Å². The van der Waals surface area contributed by atoms with E-state index in [0.29, 0.717) is 50.6 Å². The van der Waals surface area contributed by atoms with Crippen molar-refractivity contribution >= 4 is 23.9 Å². The number of nitrogens with zero attached hydrogens (tertiary/aromatic N) is 5. The summed E-state index contributed by atoms with van der Waals surface area (Å²) in [6.45, 7) is 4.53. The molecule has 1 aromatic heterocycles. The van der Waals surface area contributed by atoms with Crippen LogP contribution in [0.1, 0.15) is 23.2 Å². The number of anilines is 1. The predicted molar refractivity (Wildman–Crippen MR) is 130 cm³/mol. The van der Waals surface area contributed by atoms with E-state index in [1.807, 2.05) is 39.6 Å². The minimum Gasteiger partial charge on any atom is -0.378 e. The Morgan fingerprint density at radius 3 is 2.46 bits per heavy atom. The molecule has 3 heterocycles. The van der Waals surface area contributed by atoms with Gasteiger partial charge in [0.05, 0.1) is 31.1 Å². The number of benzene rings is 2. The third-order valence-electron chi connectivity index (χ3n) is 6.62. The lowest BCUT2D eigenvalue weighted by molar-refractivity contribution is 0.0799. The fourth-order valence-electron chi connectivity index (χ4n) is 4.69. The third kappa shape index (κ3) is 5.05. The number of hydrogen-bond acceptors (Lipinski definition) is 6. The quantitative estimate of drug-likeness (QED) is 0.377. The standard InChI is InChI=1S/C25H27F2N5O2S/c26-19-6-7-22(27)21(16-19)23(33)18-8-10-29(11-9-18)17-31-25(35)32(20-4-2-1-3-5-20)24(28-31)30-12-14-34-15-13-30/h1-7,16,18H,8-15,17H2. The van der Waals surface area contributed by atoms with Crippen molar-refractivity contribution < 1.29 is 18.3 Å². The summed E-state index contributed by atoms with van der Waals surface area (Å²) in [5, 5.41) is 4.87. The number of ketones is 1. The Morgan fingerprint density at radius 1 is 1.03 bits per heavy atom. The molecular formula is C25H27F2N5O2S. The van der Waals surface area contributed by atoms with Crippen LogP contribution in [0.15, 0.2) is 48.5 Å². The van der Waals surface area contributed by atoms with Gasteiger partial charge in [0.25, 0.3) is 0 Å². The predicted octanol–water partition coefficient (Wildman–Crippen LogP) is 4.07. The molecular weight excluding hydrogens is 472 g/mol. The maximum atomic E-state index is 14.1. The summed E-state index contributed by atoms with van der Waals surface area (Å²) in [4.78, 5) is 17.2. The van der Waals surface area contributed by atoms with Crippen molar-refractivity contribution in [2.75, 3.05) is 44.3 Å². The molecule has 5 rings (SSSR count). The van der Waals surface area contributed by atoms with Crippen molar-refractivity contribution in [2.45, 2.75) is 19.5 Å². The number of ether oxygens (including phenoxy) is 1. The van der Waals surface area contributed by atoms with E-state index in [-0.39, 0.29) is 17.3 Å². The van der Waals surface area contributed by atoms with Gasteiger partial charge in [0.1, 0.15) is 11.6 Å². The molecule has 0 saturated carbocycles. The zero-order valence-corrected chi connectivity index (χ0v) is 20.1. The number of Topliss-reactive ketones (excluding diaryl/α,β-unsaturated/α-hetero) is 1. The van der Waals surface area contributed by atoms with Crippen molar-refractivity contribution in [3.63, 3.8) is 0 Å². The van der Waals surface area contributed by atoms with Gasteiger partial charge < -0.3 is 9.64 Å². The molecule has 0 atom stereocenters. The topological polar surface area (TPSA) is 55.5 Å². The molecule has 184 valence electrons. The lowest BCUT2D eigenvalue weighted by Crippen LogP contribution is -2.38. The summed E-state index contributed by atoms with van der Waals surface area (Å²) < 4.78 is 37.5. The highest BCUT2D eigenvalue weighted by molar-refractivity contribution is 7.71. The first-order chi connectivity index (χ1) is 17.0. The molecule has 2 aliphatic rings. The highest BCUT2D eigenvalue weighted by atomic mass is 32.1. The Labute approximate surface area is 207 Å². The van der Waals surface area contributed by atoms with Crippen molar-refractivity contribution in [1.82, 2.24) is 19.2 Å². The van der Waals surface area contributed by atoms with Gasteiger partial charge >= 0.3 is 0 Å². The van der Waals surface area contributed by atoms with Crippen LogP contribution in [-0.4, -0.2) is 64.4 Å². The minimum atomic E-state index is -0.674. The highest BCUT2D eigenvalue weighted by Crippen LogP contribution is 2.25. The van der Waals surface area contributed by atoms with Crippen LogP contribution in [0.25, 0.3) is 5.69 Å². The fourth-order valence-corrected chi connectivity index (χ4v) is 4.98. The molecule has 0 N–H and O–H groups in total. The molecule has 0 unspecified atom stereocenters. The van der Waals surface area contributed by atoms with Gasteiger partial charge in [-0.15, -0.1) is 5.10 Å². The number of piperidine rings is 1. The Morgan fingerprint density at radius 2 is 1.74 bits per heavy atom. The van der Waals surface area contributed by atoms with Crippen LogP contribution in [-0.2, 0) is 11.4 Å². The van der Waals surface area contributed by atoms with Crippen molar-refractivity contribution in [3.05, 3.63) is 70.5 Å². The van der Waals surface area contributed by atoms with Crippen LogP contribution >= 0.6 is 12.2 Å². The second-order valence-electron chi connectivity index (χ2n) is 8.87. The van der Waals surface area contributed by atoms with E-state index in [2.05, 4.69) is 9.80 Å². The van der Waals surface area contributed by atoms with Crippen LogP contribution < -0.4 is 4.90 Å². The van der Waals surface area contributed by atoms with E-state index in [1.54, 1.807) is 0 Å². The second-order valence-corrected chi connectivity index (χ2v) is 9.24. The molecule has 2 aromatic carbocycles. The molecule has 0 amide bonds. The number of aromatic nitrogens is 3. The maximum absolute atomic E-state index is 14.1. The molecule has 0 radical (unpaired) electrons. The Hall–Kier alpha value is -2.95. The first kappa shape index (κ1) is 23.8. The summed E-state index contributed by atoms with van der Waals surface area (Å²) in [7, 11) is 0. The van der Waals surface area contributed by atoms with E-state index in [9.17, 15) is 13.6 Å². The average Bonchev–Trinajstić information content (AvgIpc) is 3.22. The van der Waals surface area contributed by atoms with E-state index < -0.39 is 11.6 Å². The fraction of sp³-hybridized carbons (Fsp3) is 0.400. The van der Waals surface area contributed by atoms with Crippen molar-refractivity contribution in [2.24, 2.45) is 5.92 Å². The van der Waals surface area contributed by atoms with Crippen LogP contribution in [0, 0.1) is 22.3 Å². The first-order valence-corrected chi connectivity index (χ1v) is 12.2. The molecule has 2 aliphatic heterocycles. The Bertz CT molecular complexity index is 1250. The molecule has 2 saturated heterocycles. The number of likely N-dealkylation sites (tertiary alicyclic amines) is 1. The summed E-state index contributed by atoms with van der Waals surface area (Å²) in [6.07, 6.45) is 1.13. The highest BCUT2D eigenvalue weighted by Gasteiger charge is 2.29. The minimum absolute atomic E-state index is 0.164. The Kier molecular flexibility index (Phi) is 7.03. The molecule has 7 nitrogen and oxygen atoms in total. The average molecular weight is 500 g/mol. The van der Waals surface area contributed by atoms with Crippen LogP contribution in [0.4, 0.5) is 14.7 Å². The monoisotopic (exact) mass is 499 g/mol. The van der Waals surface area contributed by atoms with Crippen LogP contribution in [0.3, 0.4) is 0 Å². The molecule has 0 spiro atoms. The van der Waals surface area contributed by atoms with Crippen molar-refractivity contribution in [1.29, 1.82) is 0 Å². The van der Waals surface area contributed by atoms with E-state index in [4.69, 9.17) is 22.1 Å². The number of para-hydroxylation sites is 1. The molecule has 35 heavy (non-hydrogen) atoms. The lowest BCUT2D eigenvalue weighted by Gasteiger charge is -2.31. The summed E-state index contributed by atoms with van der Waals surface area (Å²) in [5.74, 6) is -1.16. The van der Waals surface area contributed by atoms with E-state index >= 15 is 0 Å². The molecule has 10 heteroatoms. The van der Waals surface area contributed by atoms with E-state index in [0.717, 1.165) is 42.9 Å². The number of halogens is 2. The number of morpholine rings is 1. The second kappa shape index (κ2) is 10.3. The van der Waals surface area contributed by atoms with Gasteiger partial charge in [0.15, 0.2) is 5.78 Å². The molecule has 2 fully saturated rings. The van der Waals surface area contributed by atoms with Gasteiger partial charge in [0, 0.05) is 32.1 Å². The zero-order chi connectivity index (χ0) is 24.4.